The number of anilines is 1. The average Bonchev–Trinajstić information content (AvgIpc) is 2.81. The van der Waals surface area contributed by atoms with Gasteiger partial charge in [0.25, 0.3) is 5.56 Å². The Bertz CT molecular complexity index is 1320. The van der Waals surface area contributed by atoms with Crippen LogP contribution in [-0.4, -0.2) is 27.0 Å². The van der Waals surface area contributed by atoms with Gasteiger partial charge in [-0.05, 0) is 50.2 Å². The van der Waals surface area contributed by atoms with E-state index in [1.807, 2.05) is 43.3 Å². The van der Waals surface area contributed by atoms with Gasteiger partial charge in [0.1, 0.15) is 11.6 Å². The van der Waals surface area contributed by atoms with E-state index < -0.39 is 17.9 Å². The number of carbonyl (C=O) groups is 1. The second kappa shape index (κ2) is 9.01. The summed E-state index contributed by atoms with van der Waals surface area (Å²) in [6, 6.07) is 21.3. The van der Waals surface area contributed by atoms with Crippen LogP contribution >= 0.6 is 0 Å². The number of rotatable bonds is 5. The Hall–Kier alpha value is -4.00. The van der Waals surface area contributed by atoms with Gasteiger partial charge in [0.05, 0.1) is 28.3 Å². The number of nitrogens with one attached hydrogen (secondary N) is 1. The molecule has 162 valence electrons. The number of carbonyl (C=O) groups excluding carboxylic acids is 1. The SMILES string of the molecule is CCN(C(=O)Nc1ccccc1F)C(C)c1nc2ccccc2c(=O)n1-c1ccccc1. The third-order valence-corrected chi connectivity index (χ3v) is 5.37. The Morgan fingerprint density at radius 2 is 1.69 bits per heavy atom. The topological polar surface area (TPSA) is 67.2 Å². The zero-order valence-electron chi connectivity index (χ0n) is 17.8. The molecule has 1 heterocycles. The van der Waals surface area contributed by atoms with E-state index in [-0.39, 0.29) is 11.2 Å². The fourth-order valence-corrected chi connectivity index (χ4v) is 3.74. The molecular weight excluding hydrogens is 407 g/mol. The summed E-state index contributed by atoms with van der Waals surface area (Å²) in [6.07, 6.45) is 0. The molecule has 1 N–H and O–H groups in total. The van der Waals surface area contributed by atoms with Crippen molar-refractivity contribution < 1.29 is 9.18 Å². The monoisotopic (exact) mass is 430 g/mol. The first-order valence-corrected chi connectivity index (χ1v) is 10.4. The number of amides is 2. The maximum atomic E-state index is 14.1. The number of fused-ring (bicyclic) bond motifs is 1. The fourth-order valence-electron chi connectivity index (χ4n) is 3.74. The molecule has 4 rings (SSSR count). The molecule has 1 unspecified atom stereocenters. The zero-order chi connectivity index (χ0) is 22.7. The number of para-hydroxylation sites is 3. The molecule has 7 heteroatoms. The van der Waals surface area contributed by atoms with Crippen molar-refractivity contribution >= 4 is 22.6 Å². The van der Waals surface area contributed by atoms with Crippen LogP contribution in [0.4, 0.5) is 14.9 Å². The van der Waals surface area contributed by atoms with Crippen molar-refractivity contribution in [2.45, 2.75) is 19.9 Å². The van der Waals surface area contributed by atoms with Crippen LogP contribution in [0.2, 0.25) is 0 Å². The number of urea groups is 1. The summed E-state index contributed by atoms with van der Waals surface area (Å²) < 4.78 is 15.6. The summed E-state index contributed by atoms with van der Waals surface area (Å²) in [5.41, 5.74) is 1.09. The van der Waals surface area contributed by atoms with Crippen molar-refractivity contribution in [1.82, 2.24) is 14.5 Å². The summed E-state index contributed by atoms with van der Waals surface area (Å²) in [4.78, 5) is 32.7. The molecule has 0 aliphatic heterocycles. The fraction of sp³-hybridized carbons (Fsp3) is 0.160. The van der Waals surface area contributed by atoms with Gasteiger partial charge in [-0.2, -0.15) is 0 Å². The lowest BCUT2D eigenvalue weighted by atomic mass is 10.2. The summed E-state index contributed by atoms with van der Waals surface area (Å²) in [6.45, 7) is 3.96. The van der Waals surface area contributed by atoms with Gasteiger partial charge in [0.2, 0.25) is 0 Å². The minimum absolute atomic E-state index is 0.0927. The van der Waals surface area contributed by atoms with Crippen LogP contribution < -0.4 is 10.9 Å². The molecule has 32 heavy (non-hydrogen) atoms. The van der Waals surface area contributed by atoms with Gasteiger partial charge in [-0.25, -0.2) is 14.2 Å². The predicted octanol–water partition coefficient (Wildman–Crippen LogP) is 5.14. The predicted molar refractivity (Wildman–Crippen MR) is 124 cm³/mol. The lowest BCUT2D eigenvalue weighted by molar-refractivity contribution is 0.193. The average molecular weight is 430 g/mol. The number of nitrogens with zero attached hydrogens (tertiary/aromatic N) is 3. The molecule has 1 atom stereocenters. The third-order valence-electron chi connectivity index (χ3n) is 5.37. The van der Waals surface area contributed by atoms with E-state index in [0.717, 1.165) is 0 Å². The molecule has 0 fully saturated rings. The minimum atomic E-state index is -0.565. The van der Waals surface area contributed by atoms with Crippen LogP contribution in [0.15, 0.2) is 83.7 Å². The quantitative estimate of drug-likeness (QED) is 0.477. The molecular formula is C25H23FN4O2. The second-order valence-corrected chi connectivity index (χ2v) is 7.34. The van der Waals surface area contributed by atoms with E-state index in [2.05, 4.69) is 5.32 Å². The van der Waals surface area contributed by atoms with Gasteiger partial charge in [-0.15, -0.1) is 0 Å². The molecule has 0 radical (unpaired) electrons. The third kappa shape index (κ3) is 3.97. The summed E-state index contributed by atoms with van der Waals surface area (Å²) in [7, 11) is 0. The van der Waals surface area contributed by atoms with E-state index in [4.69, 9.17) is 4.98 Å². The van der Waals surface area contributed by atoms with Crippen LogP contribution in [0.25, 0.3) is 16.6 Å². The van der Waals surface area contributed by atoms with E-state index in [1.54, 1.807) is 37.3 Å². The van der Waals surface area contributed by atoms with Crippen molar-refractivity contribution in [2.75, 3.05) is 11.9 Å². The van der Waals surface area contributed by atoms with E-state index in [9.17, 15) is 14.0 Å². The highest BCUT2D eigenvalue weighted by atomic mass is 19.1. The van der Waals surface area contributed by atoms with Crippen LogP contribution in [0.5, 0.6) is 0 Å². The molecule has 0 saturated heterocycles. The lowest BCUT2D eigenvalue weighted by Gasteiger charge is -2.29. The molecule has 0 spiro atoms. The summed E-state index contributed by atoms with van der Waals surface area (Å²) in [5, 5.41) is 3.11. The van der Waals surface area contributed by atoms with E-state index in [1.165, 1.54) is 21.6 Å². The Labute approximate surface area is 184 Å². The number of aromatic nitrogens is 2. The molecule has 0 aliphatic carbocycles. The van der Waals surface area contributed by atoms with Crippen LogP contribution in [0, 0.1) is 5.82 Å². The number of benzene rings is 3. The van der Waals surface area contributed by atoms with E-state index >= 15 is 0 Å². The highest BCUT2D eigenvalue weighted by molar-refractivity contribution is 5.89. The Balaban J connectivity index is 1.81. The molecule has 1 aromatic heterocycles. The number of halogens is 1. The lowest BCUT2D eigenvalue weighted by Crippen LogP contribution is -2.39. The van der Waals surface area contributed by atoms with Crippen molar-refractivity contribution in [2.24, 2.45) is 0 Å². The van der Waals surface area contributed by atoms with Gasteiger partial charge >= 0.3 is 6.03 Å². The van der Waals surface area contributed by atoms with Crippen LogP contribution in [-0.2, 0) is 0 Å². The van der Waals surface area contributed by atoms with Crippen LogP contribution in [0.3, 0.4) is 0 Å². The first-order valence-electron chi connectivity index (χ1n) is 10.4. The molecule has 4 aromatic rings. The summed E-state index contributed by atoms with van der Waals surface area (Å²) in [5.74, 6) is -0.0972. The van der Waals surface area contributed by atoms with Gasteiger partial charge in [-0.1, -0.05) is 42.5 Å². The van der Waals surface area contributed by atoms with E-state index in [0.29, 0.717) is 29.0 Å². The van der Waals surface area contributed by atoms with Gasteiger partial charge in [-0.3, -0.25) is 9.36 Å². The number of hydrogen-bond acceptors (Lipinski definition) is 3. The first kappa shape index (κ1) is 21.2. The zero-order valence-corrected chi connectivity index (χ0v) is 17.8. The number of hydrogen-bond donors (Lipinski definition) is 1. The van der Waals surface area contributed by atoms with Gasteiger partial charge in [0, 0.05) is 6.54 Å². The molecule has 0 saturated carbocycles. The Morgan fingerprint density at radius 3 is 2.41 bits per heavy atom. The molecule has 6 nitrogen and oxygen atoms in total. The van der Waals surface area contributed by atoms with Crippen molar-refractivity contribution in [3.8, 4) is 5.69 Å². The van der Waals surface area contributed by atoms with Gasteiger partial charge in [0.15, 0.2) is 0 Å². The maximum absolute atomic E-state index is 14.1. The van der Waals surface area contributed by atoms with Crippen molar-refractivity contribution in [1.29, 1.82) is 0 Å². The summed E-state index contributed by atoms with van der Waals surface area (Å²) >= 11 is 0. The molecule has 0 aliphatic rings. The maximum Gasteiger partial charge on any atom is 0.322 e. The standard InChI is InChI=1S/C25H23FN4O2/c1-3-29(25(32)28-22-16-10-8-14-20(22)26)17(2)23-27-21-15-9-7-13-19(21)24(31)30(23)18-11-5-4-6-12-18/h4-17H,3H2,1-2H3,(H,28,32). The van der Waals surface area contributed by atoms with Gasteiger partial charge < -0.3 is 10.2 Å². The molecule has 3 aromatic carbocycles. The van der Waals surface area contributed by atoms with Crippen LogP contribution in [0.1, 0.15) is 25.7 Å². The highest BCUT2D eigenvalue weighted by Gasteiger charge is 2.26. The first-order chi connectivity index (χ1) is 15.5. The minimum Gasteiger partial charge on any atom is -0.315 e. The molecule has 2 amide bonds. The van der Waals surface area contributed by atoms with Crippen molar-refractivity contribution in [3.63, 3.8) is 0 Å². The Morgan fingerprint density at radius 1 is 1.03 bits per heavy atom. The largest absolute Gasteiger partial charge is 0.322 e. The Kier molecular flexibility index (Phi) is 5.98. The van der Waals surface area contributed by atoms with Crippen molar-refractivity contribution in [3.05, 3.63) is 101 Å². The highest BCUT2D eigenvalue weighted by Crippen LogP contribution is 2.24. The smallest absolute Gasteiger partial charge is 0.315 e. The molecule has 0 bridgehead atoms. The normalized spacial score (nSPS) is 11.8. The second-order valence-electron chi connectivity index (χ2n) is 7.34.